The van der Waals surface area contributed by atoms with Gasteiger partial charge in [-0.1, -0.05) is 12.2 Å². The van der Waals surface area contributed by atoms with Crippen molar-refractivity contribution in [3.8, 4) is 0 Å². The molecule has 0 bridgehead atoms. The maximum absolute atomic E-state index is 13.0. The number of H-pyrrole nitrogens is 1. The van der Waals surface area contributed by atoms with Crippen molar-refractivity contribution in [3.63, 3.8) is 0 Å². The quantitative estimate of drug-likeness (QED) is 0.130. The highest BCUT2D eigenvalue weighted by molar-refractivity contribution is 8.44. The van der Waals surface area contributed by atoms with Gasteiger partial charge in [0.05, 0.1) is 25.6 Å². The first-order valence-electron chi connectivity index (χ1n) is 11.2. The summed E-state index contributed by atoms with van der Waals surface area (Å²) >= 11 is 4.00. The van der Waals surface area contributed by atoms with Crippen molar-refractivity contribution in [1.82, 2.24) is 34.1 Å². The number of aromatic nitrogens is 7. The Balaban J connectivity index is 1.22. The molecule has 0 saturated carbocycles. The lowest BCUT2D eigenvalue weighted by atomic mass is 10.2. The maximum Gasteiger partial charge on any atom is 0.386 e. The molecule has 2 aliphatic rings. The highest BCUT2D eigenvalue weighted by atomic mass is 32.7. The zero-order valence-electron chi connectivity index (χ0n) is 19.4. The van der Waals surface area contributed by atoms with Gasteiger partial charge in [0.15, 0.2) is 11.2 Å². The zero-order chi connectivity index (χ0) is 27.2. The van der Waals surface area contributed by atoms with E-state index in [0.29, 0.717) is 0 Å². The van der Waals surface area contributed by atoms with Crippen LogP contribution < -0.4 is 22.7 Å². The van der Waals surface area contributed by atoms with Crippen molar-refractivity contribution in [2.24, 2.45) is 0 Å². The van der Waals surface area contributed by atoms with E-state index < -0.39 is 61.5 Å². The van der Waals surface area contributed by atoms with Crippen LogP contribution in [-0.4, -0.2) is 81.9 Å². The highest BCUT2D eigenvalue weighted by Crippen LogP contribution is 2.56. The molecule has 0 amide bonds. The van der Waals surface area contributed by atoms with E-state index >= 15 is 0 Å². The topological polar surface area (TPSA) is 258 Å². The summed E-state index contributed by atoms with van der Waals surface area (Å²) in [6.45, 7) is -4.94. The molecule has 7 N–H and O–H groups in total. The number of nitrogen functional groups attached to an aromatic ring is 2. The molecule has 3 aromatic rings. The number of hydrogen-bond acceptors (Lipinski definition) is 15. The Kier molecular flexibility index (Phi) is 7.27. The third kappa shape index (κ3) is 5.32. The van der Waals surface area contributed by atoms with Crippen molar-refractivity contribution < 1.29 is 33.3 Å². The average Bonchev–Trinajstić information content (AvgIpc) is 3.54. The Morgan fingerprint density at radius 1 is 1.13 bits per heavy atom. The SMILES string of the molecule is Nc1ncn([C@H]2C[C@@H](OP(=O)(S)OC[C@H]3O[C@@H](n4cnc5c(=O)[nH]c(N)nc54)C[C@H]3O)[C@@H](CO)O2)c(=O)n1. The van der Waals surface area contributed by atoms with Gasteiger partial charge in [-0.2, -0.15) is 9.97 Å². The molecule has 38 heavy (non-hydrogen) atoms. The van der Waals surface area contributed by atoms with Gasteiger partial charge in [0.25, 0.3) is 5.56 Å². The Morgan fingerprint density at radius 2 is 1.84 bits per heavy atom. The molecule has 5 heterocycles. The summed E-state index contributed by atoms with van der Waals surface area (Å²) in [5.41, 5.74) is 9.99. The minimum Gasteiger partial charge on any atom is -0.394 e. The first-order valence-corrected chi connectivity index (χ1v) is 13.9. The normalized spacial score (nSPS) is 29.1. The molecule has 2 fully saturated rings. The van der Waals surface area contributed by atoms with Crippen LogP contribution in [0.4, 0.5) is 11.9 Å². The van der Waals surface area contributed by atoms with Crippen LogP contribution in [0.3, 0.4) is 0 Å². The first kappa shape index (κ1) is 26.7. The molecule has 0 aliphatic carbocycles. The van der Waals surface area contributed by atoms with E-state index in [1.54, 1.807) is 0 Å². The van der Waals surface area contributed by atoms with E-state index in [2.05, 4.69) is 37.2 Å². The number of aliphatic hydroxyl groups is 2. The molecule has 5 rings (SSSR count). The lowest BCUT2D eigenvalue weighted by Gasteiger charge is -2.22. The second-order valence-electron chi connectivity index (χ2n) is 8.57. The van der Waals surface area contributed by atoms with Crippen LogP contribution in [0.5, 0.6) is 0 Å². The number of rotatable bonds is 8. The van der Waals surface area contributed by atoms with Gasteiger partial charge in [0.2, 0.25) is 11.9 Å². The third-order valence-corrected chi connectivity index (χ3v) is 7.69. The number of aromatic amines is 1. The minimum atomic E-state index is -4.06. The van der Waals surface area contributed by atoms with Gasteiger partial charge in [0, 0.05) is 12.8 Å². The number of hydrogen-bond donors (Lipinski definition) is 6. The van der Waals surface area contributed by atoms with E-state index in [1.165, 1.54) is 10.9 Å². The standard InChI is InChI=1S/C18H24N9O9PS/c19-16-22-6-27(18(31)25-16)12-2-8(9(3-28)34-12)36-37(32,38)33-4-10-7(29)1-11(35-10)26-5-21-13-14(26)23-17(20)24-15(13)30/h5-12,28-29H,1-4H2,(H,32,38)(H2,19,25,31)(H3,20,23,24,30)/t7-,8-,9-,10-,11-,12-,37?/m1/s1. The Hall–Kier alpha value is -2.90. The van der Waals surface area contributed by atoms with Gasteiger partial charge in [-0.3, -0.25) is 28.0 Å². The van der Waals surface area contributed by atoms with Crippen LogP contribution in [0.25, 0.3) is 11.2 Å². The van der Waals surface area contributed by atoms with E-state index in [-0.39, 0.29) is 42.5 Å². The predicted octanol–water partition coefficient (Wildman–Crippen LogP) is -1.70. The summed E-state index contributed by atoms with van der Waals surface area (Å²) in [6, 6.07) is 0. The van der Waals surface area contributed by atoms with Crippen molar-refractivity contribution in [3.05, 3.63) is 33.5 Å². The van der Waals surface area contributed by atoms with Crippen molar-refractivity contribution in [1.29, 1.82) is 0 Å². The Labute approximate surface area is 217 Å². The van der Waals surface area contributed by atoms with Crippen LogP contribution in [0.2, 0.25) is 0 Å². The van der Waals surface area contributed by atoms with E-state index in [1.807, 2.05) is 0 Å². The molecular weight excluding hydrogens is 549 g/mol. The van der Waals surface area contributed by atoms with E-state index in [4.69, 9.17) is 30.0 Å². The third-order valence-electron chi connectivity index (χ3n) is 6.05. The molecule has 2 saturated heterocycles. The van der Waals surface area contributed by atoms with Gasteiger partial charge >= 0.3 is 12.5 Å². The number of nitrogens with zero attached hydrogens (tertiary/aromatic N) is 6. The molecule has 0 aromatic carbocycles. The van der Waals surface area contributed by atoms with Crippen molar-refractivity contribution in [2.75, 3.05) is 24.7 Å². The molecule has 18 nitrogen and oxygen atoms in total. The molecule has 20 heteroatoms. The predicted molar refractivity (Wildman–Crippen MR) is 131 cm³/mol. The molecule has 2 aliphatic heterocycles. The second kappa shape index (κ2) is 10.3. The molecule has 3 aromatic heterocycles. The number of imidazole rings is 1. The van der Waals surface area contributed by atoms with Gasteiger partial charge < -0.3 is 31.2 Å². The van der Waals surface area contributed by atoms with Gasteiger partial charge in [-0.05, 0) is 0 Å². The van der Waals surface area contributed by atoms with Crippen LogP contribution in [0.15, 0.2) is 22.2 Å². The smallest absolute Gasteiger partial charge is 0.386 e. The lowest BCUT2D eigenvalue weighted by Crippen LogP contribution is -2.29. The van der Waals surface area contributed by atoms with Crippen molar-refractivity contribution in [2.45, 2.75) is 49.7 Å². The lowest BCUT2D eigenvalue weighted by molar-refractivity contribution is -0.0499. The first-order chi connectivity index (χ1) is 18.0. The maximum atomic E-state index is 13.0. The molecule has 206 valence electrons. The number of ether oxygens (including phenoxy) is 2. The van der Waals surface area contributed by atoms with Crippen LogP contribution in [0, 0.1) is 0 Å². The van der Waals surface area contributed by atoms with Crippen molar-refractivity contribution >= 4 is 42.1 Å². The number of nitrogens with one attached hydrogen (secondary N) is 1. The Bertz CT molecular complexity index is 1500. The summed E-state index contributed by atoms with van der Waals surface area (Å²) in [5, 5.41) is 20.2. The summed E-state index contributed by atoms with van der Waals surface area (Å²) < 4.78 is 37.8. The Morgan fingerprint density at radius 3 is 2.58 bits per heavy atom. The molecule has 1 unspecified atom stereocenters. The molecule has 0 radical (unpaired) electrons. The fraction of sp³-hybridized carbons (Fsp3) is 0.556. The number of thiol groups is 1. The summed E-state index contributed by atoms with van der Waals surface area (Å²) in [5.74, 6) is -0.318. The minimum absolute atomic E-state index is 0.0000845. The van der Waals surface area contributed by atoms with E-state index in [0.717, 1.165) is 10.9 Å². The number of fused-ring (bicyclic) bond motifs is 1. The number of nitrogens with two attached hydrogens (primary N) is 2. The van der Waals surface area contributed by atoms with Crippen LogP contribution >= 0.6 is 19.0 Å². The second-order valence-corrected chi connectivity index (χ2v) is 11.4. The number of aliphatic hydroxyl groups excluding tert-OH is 2. The fourth-order valence-corrected chi connectivity index (χ4v) is 5.78. The summed E-state index contributed by atoms with van der Waals surface area (Å²) in [4.78, 5) is 41.8. The summed E-state index contributed by atoms with van der Waals surface area (Å²) in [7, 11) is 0. The van der Waals surface area contributed by atoms with Gasteiger partial charge in [-0.25, -0.2) is 19.3 Å². The van der Waals surface area contributed by atoms with Gasteiger partial charge in [0.1, 0.15) is 37.1 Å². The highest BCUT2D eigenvalue weighted by Gasteiger charge is 2.42. The number of anilines is 2. The van der Waals surface area contributed by atoms with Crippen LogP contribution in [-0.2, 0) is 23.1 Å². The molecule has 7 atom stereocenters. The molecular formula is C18H24N9O9PS. The largest absolute Gasteiger partial charge is 0.394 e. The average molecular weight is 573 g/mol. The molecule has 0 spiro atoms. The van der Waals surface area contributed by atoms with Crippen LogP contribution in [0.1, 0.15) is 25.3 Å². The monoisotopic (exact) mass is 573 g/mol. The van der Waals surface area contributed by atoms with Gasteiger partial charge in [-0.15, -0.1) is 0 Å². The summed E-state index contributed by atoms with van der Waals surface area (Å²) in [6.07, 6.45) is -3.01. The zero-order valence-corrected chi connectivity index (χ0v) is 21.2. The van der Waals surface area contributed by atoms with E-state index in [9.17, 15) is 24.4 Å². The fourth-order valence-electron chi connectivity index (χ4n) is 4.26.